The van der Waals surface area contributed by atoms with Gasteiger partial charge in [0.15, 0.2) is 5.17 Å². The van der Waals surface area contributed by atoms with Crippen LogP contribution < -0.4 is 5.73 Å². The molecule has 2 rings (SSSR count). The van der Waals surface area contributed by atoms with Gasteiger partial charge in [-0.3, -0.25) is 5.41 Å². The van der Waals surface area contributed by atoms with Crippen LogP contribution in [-0.2, 0) is 0 Å². The predicted molar refractivity (Wildman–Crippen MR) is 88.0 cm³/mol. The first-order chi connectivity index (χ1) is 9.18. The van der Waals surface area contributed by atoms with E-state index in [2.05, 4.69) is 0 Å². The fourth-order valence-electron chi connectivity index (χ4n) is 2.50. The second kappa shape index (κ2) is 8.32. The van der Waals surface area contributed by atoms with Crippen molar-refractivity contribution < 1.29 is 4.39 Å². The van der Waals surface area contributed by atoms with Gasteiger partial charge in [0, 0.05) is 11.3 Å². The molecule has 0 aromatic heterocycles. The van der Waals surface area contributed by atoms with Crippen molar-refractivity contribution in [2.75, 3.05) is 5.75 Å². The first kappa shape index (κ1) is 17.1. The van der Waals surface area contributed by atoms with Gasteiger partial charge < -0.3 is 5.73 Å². The molecule has 0 bridgehead atoms. The van der Waals surface area contributed by atoms with E-state index in [0.29, 0.717) is 5.75 Å². The second-order valence-corrected chi connectivity index (χ2v) is 5.79. The molecule has 0 saturated carbocycles. The van der Waals surface area contributed by atoms with E-state index in [0.717, 1.165) is 36.8 Å². The van der Waals surface area contributed by atoms with Crippen LogP contribution in [0.5, 0.6) is 0 Å². The number of hydrogen-bond donors (Lipinski definition) is 2. The predicted octanol–water partition coefficient (Wildman–Crippen LogP) is 4.59. The van der Waals surface area contributed by atoms with Crippen molar-refractivity contribution in [1.29, 1.82) is 5.41 Å². The molecule has 0 aliphatic heterocycles. The largest absolute Gasteiger partial charge is 0.379 e. The minimum atomic E-state index is -0.148. The molecule has 0 atom stereocenters. The minimum absolute atomic E-state index is 0. The SMILES string of the molecule is Cl.N=C(N)SCC1=C(c2ccccc2F)CCCCC1. The van der Waals surface area contributed by atoms with Crippen LogP contribution in [0.4, 0.5) is 4.39 Å². The lowest BCUT2D eigenvalue weighted by molar-refractivity contribution is 0.622. The summed E-state index contributed by atoms with van der Waals surface area (Å²) in [6, 6.07) is 6.98. The second-order valence-electron chi connectivity index (χ2n) is 4.78. The summed E-state index contributed by atoms with van der Waals surface area (Å²) in [6.07, 6.45) is 5.36. The molecule has 0 saturated heterocycles. The summed E-state index contributed by atoms with van der Waals surface area (Å²) in [6.45, 7) is 0. The third-order valence-corrected chi connectivity index (χ3v) is 4.24. The Bertz CT molecular complexity index is 502. The normalized spacial score (nSPS) is 15.4. The first-order valence-electron chi connectivity index (χ1n) is 6.61. The van der Waals surface area contributed by atoms with Crippen LogP contribution in [0, 0.1) is 11.2 Å². The fourth-order valence-corrected chi connectivity index (χ4v) is 3.15. The molecule has 0 fully saturated rings. The highest BCUT2D eigenvalue weighted by molar-refractivity contribution is 8.13. The van der Waals surface area contributed by atoms with Crippen molar-refractivity contribution >= 4 is 34.9 Å². The molecule has 0 heterocycles. The van der Waals surface area contributed by atoms with E-state index < -0.39 is 0 Å². The Balaban J connectivity index is 0.00000200. The number of amidine groups is 1. The Morgan fingerprint density at radius 2 is 1.90 bits per heavy atom. The highest BCUT2D eigenvalue weighted by Gasteiger charge is 2.16. The number of benzene rings is 1. The third kappa shape index (κ3) is 4.53. The number of thioether (sulfide) groups is 1. The average molecular weight is 315 g/mol. The van der Waals surface area contributed by atoms with Gasteiger partial charge in [0.1, 0.15) is 5.82 Å². The van der Waals surface area contributed by atoms with Crippen molar-refractivity contribution in [2.45, 2.75) is 32.1 Å². The molecule has 0 amide bonds. The van der Waals surface area contributed by atoms with Gasteiger partial charge in [-0.15, -0.1) is 12.4 Å². The summed E-state index contributed by atoms with van der Waals surface area (Å²) in [4.78, 5) is 0. The van der Waals surface area contributed by atoms with Gasteiger partial charge in [-0.05, 0) is 37.3 Å². The fraction of sp³-hybridized carbons (Fsp3) is 0.400. The van der Waals surface area contributed by atoms with Crippen molar-refractivity contribution in [1.82, 2.24) is 0 Å². The van der Waals surface area contributed by atoms with Crippen molar-refractivity contribution in [3.05, 3.63) is 41.2 Å². The molecule has 1 aliphatic rings. The van der Waals surface area contributed by atoms with Crippen molar-refractivity contribution in [2.24, 2.45) is 5.73 Å². The van der Waals surface area contributed by atoms with Gasteiger partial charge in [0.25, 0.3) is 0 Å². The standard InChI is InChI=1S/C15H19FN2S.ClH/c16-14-9-5-4-8-13(14)12-7-3-1-2-6-11(12)10-19-15(17)18;/h4-5,8-9H,1-3,6-7,10H2,(H3,17,18);1H. The molecular formula is C15H20ClFN2S. The van der Waals surface area contributed by atoms with Crippen LogP contribution in [0.1, 0.15) is 37.7 Å². The monoisotopic (exact) mass is 314 g/mol. The zero-order valence-electron chi connectivity index (χ0n) is 11.3. The molecule has 1 aromatic carbocycles. The summed E-state index contributed by atoms with van der Waals surface area (Å²) >= 11 is 1.33. The van der Waals surface area contributed by atoms with E-state index in [1.807, 2.05) is 12.1 Å². The number of halogens is 2. The van der Waals surface area contributed by atoms with E-state index in [4.69, 9.17) is 11.1 Å². The molecule has 1 aliphatic carbocycles. The summed E-state index contributed by atoms with van der Waals surface area (Å²) in [5.41, 5.74) is 8.52. The minimum Gasteiger partial charge on any atom is -0.379 e. The van der Waals surface area contributed by atoms with Gasteiger partial charge >= 0.3 is 0 Å². The number of nitrogens with one attached hydrogen (secondary N) is 1. The van der Waals surface area contributed by atoms with Crippen LogP contribution in [0.3, 0.4) is 0 Å². The molecule has 3 N–H and O–H groups in total. The third-order valence-electron chi connectivity index (χ3n) is 3.43. The topological polar surface area (TPSA) is 49.9 Å². The van der Waals surface area contributed by atoms with Crippen LogP contribution in [0.2, 0.25) is 0 Å². The Labute approximate surface area is 129 Å². The lowest BCUT2D eigenvalue weighted by atomic mass is 9.96. The van der Waals surface area contributed by atoms with Crippen molar-refractivity contribution in [3.63, 3.8) is 0 Å². The molecule has 2 nitrogen and oxygen atoms in total. The molecule has 0 radical (unpaired) electrons. The van der Waals surface area contributed by atoms with Crippen LogP contribution >= 0.6 is 24.2 Å². The van der Waals surface area contributed by atoms with Gasteiger partial charge in [0.2, 0.25) is 0 Å². The maximum atomic E-state index is 14.0. The van der Waals surface area contributed by atoms with E-state index in [1.54, 1.807) is 6.07 Å². The van der Waals surface area contributed by atoms with Gasteiger partial charge in [-0.25, -0.2) is 4.39 Å². The Morgan fingerprint density at radius 1 is 1.20 bits per heavy atom. The molecule has 0 spiro atoms. The average Bonchev–Trinajstić information content (AvgIpc) is 2.62. The highest BCUT2D eigenvalue weighted by Crippen LogP contribution is 2.34. The highest BCUT2D eigenvalue weighted by atomic mass is 35.5. The maximum absolute atomic E-state index is 14.0. The van der Waals surface area contributed by atoms with Crippen LogP contribution in [0.15, 0.2) is 29.8 Å². The zero-order valence-corrected chi connectivity index (χ0v) is 13.0. The number of rotatable bonds is 3. The first-order valence-corrected chi connectivity index (χ1v) is 7.59. The summed E-state index contributed by atoms with van der Waals surface area (Å²) in [5.74, 6) is 0.559. The van der Waals surface area contributed by atoms with Crippen molar-refractivity contribution in [3.8, 4) is 0 Å². The quantitative estimate of drug-likeness (QED) is 0.633. The van der Waals surface area contributed by atoms with E-state index in [1.165, 1.54) is 29.8 Å². The van der Waals surface area contributed by atoms with E-state index in [-0.39, 0.29) is 23.4 Å². The maximum Gasteiger partial charge on any atom is 0.151 e. The van der Waals surface area contributed by atoms with E-state index >= 15 is 0 Å². The summed E-state index contributed by atoms with van der Waals surface area (Å²) in [7, 11) is 0. The Kier molecular flexibility index (Phi) is 7.10. The van der Waals surface area contributed by atoms with Crippen LogP contribution in [-0.4, -0.2) is 10.9 Å². The summed E-state index contributed by atoms with van der Waals surface area (Å²) < 4.78 is 14.0. The molecular weight excluding hydrogens is 295 g/mol. The van der Waals surface area contributed by atoms with Gasteiger partial charge in [-0.1, -0.05) is 42.0 Å². The summed E-state index contributed by atoms with van der Waals surface area (Å²) in [5, 5.41) is 7.45. The Hall–Kier alpha value is -1.00. The molecule has 0 unspecified atom stereocenters. The van der Waals surface area contributed by atoms with Gasteiger partial charge in [0.05, 0.1) is 0 Å². The molecule has 20 heavy (non-hydrogen) atoms. The van der Waals surface area contributed by atoms with Gasteiger partial charge in [-0.2, -0.15) is 0 Å². The van der Waals surface area contributed by atoms with Crippen LogP contribution in [0.25, 0.3) is 5.57 Å². The van der Waals surface area contributed by atoms with E-state index in [9.17, 15) is 4.39 Å². The lowest BCUT2D eigenvalue weighted by Crippen LogP contribution is -2.06. The number of hydrogen-bond acceptors (Lipinski definition) is 2. The number of allylic oxidation sites excluding steroid dienone is 1. The smallest absolute Gasteiger partial charge is 0.151 e. The molecule has 110 valence electrons. The zero-order chi connectivity index (χ0) is 13.7. The Morgan fingerprint density at radius 3 is 2.60 bits per heavy atom. The molecule has 1 aromatic rings. The molecule has 5 heteroatoms. The number of nitrogens with two attached hydrogens (primary N) is 1. The lowest BCUT2D eigenvalue weighted by Gasteiger charge is -2.13.